The van der Waals surface area contributed by atoms with Gasteiger partial charge >= 0.3 is 5.97 Å². The molecule has 1 aromatic rings. The van der Waals surface area contributed by atoms with Crippen molar-refractivity contribution in [2.75, 3.05) is 7.11 Å². The van der Waals surface area contributed by atoms with Gasteiger partial charge in [0.2, 0.25) is 0 Å². The zero-order valence-corrected chi connectivity index (χ0v) is 9.55. The molecule has 0 fully saturated rings. The van der Waals surface area contributed by atoms with Crippen molar-refractivity contribution in [3.05, 3.63) is 34.6 Å². The number of hydrogen-bond donors (Lipinski definition) is 0. The van der Waals surface area contributed by atoms with Gasteiger partial charge in [0.05, 0.1) is 13.0 Å². The Bertz CT molecular complexity index is 426. The fourth-order valence-corrected chi connectivity index (χ4v) is 2.27. The largest absolute Gasteiger partial charge is 0.469 e. The molecule has 2 rings (SSSR count). The van der Waals surface area contributed by atoms with Crippen molar-refractivity contribution in [2.24, 2.45) is 5.92 Å². The van der Waals surface area contributed by atoms with Crippen molar-refractivity contribution in [1.82, 2.24) is 0 Å². The predicted molar refractivity (Wildman–Crippen MR) is 58.7 cm³/mol. The Morgan fingerprint density at radius 3 is 2.88 bits per heavy atom. The molecule has 1 aromatic carbocycles. The minimum absolute atomic E-state index is 0.0673. The quantitative estimate of drug-likeness (QED) is 0.682. The number of rotatable bonds is 1. The van der Waals surface area contributed by atoms with Crippen molar-refractivity contribution in [1.29, 1.82) is 0 Å². The molecule has 2 nitrogen and oxygen atoms in total. The average molecular weight is 222 g/mol. The van der Waals surface area contributed by atoms with Gasteiger partial charge in [-0.25, -0.2) is 4.39 Å². The van der Waals surface area contributed by atoms with Gasteiger partial charge < -0.3 is 4.74 Å². The molecular weight excluding hydrogens is 207 g/mol. The van der Waals surface area contributed by atoms with Gasteiger partial charge in [0.15, 0.2) is 0 Å². The lowest BCUT2D eigenvalue weighted by Gasteiger charge is -2.23. The van der Waals surface area contributed by atoms with E-state index in [2.05, 4.69) is 0 Å². The molecule has 0 aromatic heterocycles. The Morgan fingerprint density at radius 2 is 2.19 bits per heavy atom. The Kier molecular flexibility index (Phi) is 2.95. The maximum Gasteiger partial charge on any atom is 0.309 e. The monoisotopic (exact) mass is 222 g/mol. The average Bonchev–Trinajstić information content (AvgIpc) is 2.29. The summed E-state index contributed by atoms with van der Waals surface area (Å²) in [5, 5.41) is 0. The van der Waals surface area contributed by atoms with E-state index in [9.17, 15) is 9.18 Å². The summed E-state index contributed by atoms with van der Waals surface area (Å²) in [7, 11) is 1.41. The van der Waals surface area contributed by atoms with Crippen LogP contribution in [-0.2, 0) is 22.4 Å². The molecule has 1 atom stereocenters. The third kappa shape index (κ3) is 1.94. The molecule has 0 amide bonds. The first kappa shape index (κ1) is 11.1. The first-order valence-corrected chi connectivity index (χ1v) is 5.47. The van der Waals surface area contributed by atoms with Gasteiger partial charge in [-0.2, -0.15) is 0 Å². The van der Waals surface area contributed by atoms with Crippen LogP contribution in [0.25, 0.3) is 0 Å². The summed E-state index contributed by atoms with van der Waals surface area (Å²) in [5.74, 6) is -0.384. The lowest BCUT2D eigenvalue weighted by molar-refractivity contribution is -0.145. The van der Waals surface area contributed by atoms with E-state index in [-0.39, 0.29) is 17.7 Å². The summed E-state index contributed by atoms with van der Waals surface area (Å²) < 4.78 is 18.1. The van der Waals surface area contributed by atoms with Crippen molar-refractivity contribution >= 4 is 5.97 Å². The van der Waals surface area contributed by atoms with E-state index in [1.165, 1.54) is 7.11 Å². The van der Waals surface area contributed by atoms with Crippen molar-refractivity contribution in [2.45, 2.75) is 26.2 Å². The second-order valence-electron chi connectivity index (χ2n) is 4.33. The highest BCUT2D eigenvalue weighted by molar-refractivity contribution is 5.73. The van der Waals surface area contributed by atoms with E-state index in [0.29, 0.717) is 12.0 Å². The Hall–Kier alpha value is -1.38. The summed E-state index contributed by atoms with van der Waals surface area (Å²) in [6, 6.07) is 3.44. The van der Waals surface area contributed by atoms with E-state index in [4.69, 9.17) is 4.74 Å². The molecule has 1 aliphatic rings. The van der Waals surface area contributed by atoms with E-state index < -0.39 is 0 Å². The van der Waals surface area contributed by atoms with Gasteiger partial charge in [-0.1, -0.05) is 6.07 Å². The van der Waals surface area contributed by atoms with E-state index >= 15 is 0 Å². The molecular formula is C13H15FO2. The zero-order chi connectivity index (χ0) is 11.7. The predicted octanol–water partition coefficient (Wildman–Crippen LogP) is 2.41. The molecule has 0 radical (unpaired) electrons. The number of hydrogen-bond acceptors (Lipinski definition) is 2. The molecule has 0 N–H and O–H groups in total. The molecule has 0 saturated heterocycles. The maximum absolute atomic E-state index is 13.3. The summed E-state index contributed by atoms with van der Waals surface area (Å²) in [4.78, 5) is 11.4. The van der Waals surface area contributed by atoms with Crippen LogP contribution in [0.2, 0.25) is 0 Å². The first-order valence-electron chi connectivity index (χ1n) is 5.47. The highest BCUT2D eigenvalue weighted by Gasteiger charge is 2.25. The van der Waals surface area contributed by atoms with Crippen LogP contribution in [0.1, 0.15) is 23.1 Å². The number of aryl methyl sites for hydroxylation is 2. The highest BCUT2D eigenvalue weighted by Crippen LogP contribution is 2.28. The van der Waals surface area contributed by atoms with Crippen molar-refractivity contribution < 1.29 is 13.9 Å². The van der Waals surface area contributed by atoms with Gasteiger partial charge in [0.1, 0.15) is 5.82 Å². The van der Waals surface area contributed by atoms with Gasteiger partial charge in [-0.05, 0) is 48.9 Å². The van der Waals surface area contributed by atoms with Gasteiger partial charge in [-0.15, -0.1) is 0 Å². The number of halogens is 1. The SMILES string of the molecule is COC(=O)C1CCc2cc(F)c(C)cc2C1. The molecule has 86 valence electrons. The van der Waals surface area contributed by atoms with Crippen LogP contribution >= 0.6 is 0 Å². The number of fused-ring (bicyclic) bond motifs is 1. The topological polar surface area (TPSA) is 26.3 Å². The van der Waals surface area contributed by atoms with E-state index in [0.717, 1.165) is 24.0 Å². The van der Waals surface area contributed by atoms with Gasteiger partial charge in [-0.3, -0.25) is 4.79 Å². The van der Waals surface area contributed by atoms with Crippen LogP contribution in [0.3, 0.4) is 0 Å². The number of carbonyl (C=O) groups excluding carboxylic acids is 1. The van der Waals surface area contributed by atoms with Crippen LogP contribution in [-0.4, -0.2) is 13.1 Å². The van der Waals surface area contributed by atoms with E-state index in [1.54, 1.807) is 13.0 Å². The fourth-order valence-electron chi connectivity index (χ4n) is 2.27. The molecule has 0 spiro atoms. The third-order valence-corrected chi connectivity index (χ3v) is 3.24. The number of esters is 1. The van der Waals surface area contributed by atoms with Crippen LogP contribution in [0.15, 0.2) is 12.1 Å². The summed E-state index contributed by atoms with van der Waals surface area (Å²) in [6.45, 7) is 1.75. The molecule has 3 heteroatoms. The first-order chi connectivity index (χ1) is 7.61. The molecule has 1 unspecified atom stereocenters. The van der Waals surface area contributed by atoms with Crippen LogP contribution < -0.4 is 0 Å². The van der Waals surface area contributed by atoms with Crippen LogP contribution in [0, 0.1) is 18.7 Å². The summed E-state index contributed by atoms with van der Waals surface area (Å²) in [5.41, 5.74) is 2.76. The van der Waals surface area contributed by atoms with Crippen molar-refractivity contribution in [3.63, 3.8) is 0 Å². The summed E-state index contributed by atoms with van der Waals surface area (Å²) in [6.07, 6.45) is 2.18. The minimum Gasteiger partial charge on any atom is -0.469 e. The fraction of sp³-hybridized carbons (Fsp3) is 0.462. The Balaban J connectivity index is 2.27. The lowest BCUT2D eigenvalue weighted by Crippen LogP contribution is -2.24. The second kappa shape index (κ2) is 4.24. The van der Waals surface area contributed by atoms with Crippen molar-refractivity contribution in [3.8, 4) is 0 Å². The molecule has 0 aliphatic heterocycles. The normalized spacial score (nSPS) is 19.1. The number of methoxy groups -OCH3 is 1. The number of ether oxygens (including phenoxy) is 1. The Labute approximate surface area is 94.4 Å². The summed E-state index contributed by atoms with van der Waals surface area (Å²) >= 11 is 0. The second-order valence-corrected chi connectivity index (χ2v) is 4.33. The third-order valence-electron chi connectivity index (χ3n) is 3.24. The zero-order valence-electron chi connectivity index (χ0n) is 9.55. The minimum atomic E-state index is -0.160. The highest BCUT2D eigenvalue weighted by atomic mass is 19.1. The Morgan fingerprint density at radius 1 is 1.44 bits per heavy atom. The van der Waals surface area contributed by atoms with Crippen LogP contribution in [0.5, 0.6) is 0 Å². The molecule has 0 heterocycles. The van der Waals surface area contributed by atoms with Gasteiger partial charge in [0, 0.05) is 0 Å². The molecule has 0 bridgehead atoms. The number of benzene rings is 1. The van der Waals surface area contributed by atoms with E-state index in [1.807, 2.05) is 6.07 Å². The molecule has 16 heavy (non-hydrogen) atoms. The lowest BCUT2D eigenvalue weighted by atomic mass is 9.83. The smallest absolute Gasteiger partial charge is 0.309 e. The van der Waals surface area contributed by atoms with Crippen LogP contribution in [0.4, 0.5) is 4.39 Å². The number of carbonyl (C=O) groups is 1. The van der Waals surface area contributed by atoms with Gasteiger partial charge in [0.25, 0.3) is 0 Å². The molecule has 0 saturated carbocycles. The molecule has 1 aliphatic carbocycles. The maximum atomic E-state index is 13.3. The standard InChI is InChI=1S/C13H15FO2/c1-8-5-11-6-10(13(15)16-2)4-3-9(11)7-12(8)14/h5,7,10H,3-4,6H2,1-2H3.